The molecular weight excluding hydrogens is 116 g/mol. The molecule has 7 heavy (non-hydrogen) atoms. The van der Waals surface area contributed by atoms with Crippen LogP contribution in [0.15, 0.2) is 6.20 Å². The van der Waals surface area contributed by atoms with Gasteiger partial charge in [0.25, 0.3) is 0 Å². The number of aromatic nitrogens is 3. The van der Waals surface area contributed by atoms with E-state index in [2.05, 4.69) is 20.2 Å². The highest BCUT2D eigenvalue weighted by Crippen LogP contribution is 1.94. The number of nitrogens with zero attached hydrogens (tertiary/aromatic N) is 2. The summed E-state index contributed by atoms with van der Waals surface area (Å²) in [4.78, 5) is 2.27. The highest BCUT2D eigenvalue weighted by Gasteiger charge is 1.84. The van der Waals surface area contributed by atoms with Crippen LogP contribution in [0.3, 0.4) is 0 Å². The topological polar surface area (TPSA) is 53.6 Å². The van der Waals surface area contributed by atoms with Gasteiger partial charge in [0.05, 0.1) is 6.20 Å². The van der Waals surface area contributed by atoms with Crippen molar-refractivity contribution in [2.45, 2.75) is 0 Å². The summed E-state index contributed by atoms with van der Waals surface area (Å²) >= 11 is 5.10. The number of aromatic amines is 1. The van der Waals surface area contributed by atoms with E-state index in [0.29, 0.717) is 5.82 Å². The lowest BCUT2D eigenvalue weighted by Gasteiger charge is -1.78. The van der Waals surface area contributed by atoms with E-state index in [4.69, 9.17) is 11.8 Å². The summed E-state index contributed by atoms with van der Waals surface area (Å²) in [6, 6.07) is 0. The van der Waals surface area contributed by atoms with Crippen molar-refractivity contribution in [3.05, 3.63) is 6.20 Å². The minimum Gasteiger partial charge on any atom is -0.280 e. The van der Waals surface area contributed by atoms with E-state index in [1.54, 1.807) is 0 Å². The Balaban J connectivity index is 2.76. The molecule has 0 saturated carbocycles. The lowest BCUT2D eigenvalue weighted by Crippen LogP contribution is -1.76. The lowest BCUT2D eigenvalue weighted by molar-refractivity contribution is 0.943. The van der Waals surface area contributed by atoms with Crippen molar-refractivity contribution in [3.63, 3.8) is 0 Å². The molecular formula is C2H3ClN4. The molecule has 0 bridgehead atoms. The molecule has 0 fully saturated rings. The van der Waals surface area contributed by atoms with E-state index in [1.807, 2.05) is 0 Å². The molecule has 0 amide bonds. The first kappa shape index (κ1) is 4.39. The van der Waals surface area contributed by atoms with Gasteiger partial charge in [-0.05, 0) is 0 Å². The third-order valence-electron chi connectivity index (χ3n) is 0.512. The van der Waals surface area contributed by atoms with Crippen molar-refractivity contribution < 1.29 is 0 Å². The number of halogens is 1. The van der Waals surface area contributed by atoms with E-state index in [0.717, 1.165) is 0 Å². The predicted octanol–water partition coefficient (Wildman–Crippen LogP) is 0.370. The molecule has 1 rings (SSSR count). The summed E-state index contributed by atoms with van der Waals surface area (Å²) in [6.45, 7) is 0. The van der Waals surface area contributed by atoms with Gasteiger partial charge in [-0.25, -0.2) is 0 Å². The molecule has 0 spiro atoms. The maximum Gasteiger partial charge on any atom is 0.182 e. The second-order valence-electron chi connectivity index (χ2n) is 0.950. The van der Waals surface area contributed by atoms with Gasteiger partial charge in [-0.2, -0.15) is 10.3 Å². The van der Waals surface area contributed by atoms with Crippen LogP contribution in [0, 0.1) is 0 Å². The first-order valence-electron chi connectivity index (χ1n) is 1.66. The third-order valence-corrected chi connectivity index (χ3v) is 0.705. The standard InChI is InChI=1S/C2H3ClN4/c3-5-2-1-4-7-6-2/h1H,(H2,4,5,6,7). The minimum atomic E-state index is 0.529. The Hall–Kier alpha value is -0.770. The summed E-state index contributed by atoms with van der Waals surface area (Å²) in [5, 5.41) is 9.40. The monoisotopic (exact) mass is 118 g/mol. The molecule has 4 nitrogen and oxygen atoms in total. The predicted molar refractivity (Wildman–Crippen MR) is 25.9 cm³/mol. The van der Waals surface area contributed by atoms with Crippen LogP contribution in [0.2, 0.25) is 0 Å². The van der Waals surface area contributed by atoms with Gasteiger partial charge in [0.15, 0.2) is 5.82 Å². The van der Waals surface area contributed by atoms with Crippen molar-refractivity contribution in [1.29, 1.82) is 0 Å². The Kier molecular flexibility index (Phi) is 1.12. The average Bonchev–Trinajstić information content (AvgIpc) is 2.14. The summed E-state index contributed by atoms with van der Waals surface area (Å²) in [6.07, 6.45) is 1.48. The maximum atomic E-state index is 5.10. The van der Waals surface area contributed by atoms with E-state index in [-0.39, 0.29) is 0 Å². The Morgan fingerprint density at radius 3 is 3.00 bits per heavy atom. The van der Waals surface area contributed by atoms with Gasteiger partial charge in [0.2, 0.25) is 0 Å². The van der Waals surface area contributed by atoms with Gasteiger partial charge in [-0.1, -0.05) is 0 Å². The molecule has 5 heteroatoms. The molecule has 1 aromatic heterocycles. The molecule has 0 radical (unpaired) electrons. The van der Waals surface area contributed by atoms with E-state index >= 15 is 0 Å². The largest absolute Gasteiger partial charge is 0.280 e. The molecule has 0 aromatic carbocycles. The van der Waals surface area contributed by atoms with Gasteiger partial charge in [-0.3, -0.25) is 4.84 Å². The van der Waals surface area contributed by atoms with Crippen LogP contribution >= 0.6 is 11.8 Å². The minimum absolute atomic E-state index is 0.529. The second kappa shape index (κ2) is 1.79. The van der Waals surface area contributed by atoms with Crippen LogP contribution < -0.4 is 4.84 Å². The van der Waals surface area contributed by atoms with Crippen LogP contribution in [-0.4, -0.2) is 15.4 Å². The molecule has 1 aromatic rings. The molecule has 38 valence electrons. The molecule has 0 aliphatic heterocycles. The highest BCUT2D eigenvalue weighted by molar-refractivity contribution is 6.23. The zero-order chi connectivity index (χ0) is 5.11. The fourth-order valence-corrected chi connectivity index (χ4v) is 0.338. The smallest absolute Gasteiger partial charge is 0.182 e. The van der Waals surface area contributed by atoms with E-state index < -0.39 is 0 Å². The van der Waals surface area contributed by atoms with Gasteiger partial charge in [-0.15, -0.1) is 5.10 Å². The average molecular weight is 119 g/mol. The number of nitrogens with one attached hydrogen (secondary N) is 2. The molecule has 2 N–H and O–H groups in total. The van der Waals surface area contributed by atoms with Crippen LogP contribution in [0.1, 0.15) is 0 Å². The van der Waals surface area contributed by atoms with Crippen LogP contribution in [0.5, 0.6) is 0 Å². The van der Waals surface area contributed by atoms with Crippen LogP contribution in [-0.2, 0) is 0 Å². The molecule has 1 heterocycles. The number of rotatable bonds is 1. The van der Waals surface area contributed by atoms with Gasteiger partial charge < -0.3 is 0 Å². The Morgan fingerprint density at radius 2 is 2.71 bits per heavy atom. The van der Waals surface area contributed by atoms with E-state index in [9.17, 15) is 0 Å². The second-order valence-corrected chi connectivity index (χ2v) is 1.14. The number of hydrogen-bond acceptors (Lipinski definition) is 3. The molecule has 0 saturated heterocycles. The van der Waals surface area contributed by atoms with E-state index in [1.165, 1.54) is 6.20 Å². The zero-order valence-electron chi connectivity index (χ0n) is 3.35. The SMILES string of the molecule is ClNc1cn[nH]n1. The number of H-pyrrole nitrogens is 1. The first-order chi connectivity index (χ1) is 3.43. The Bertz CT molecular complexity index is 124. The normalized spacial score (nSPS) is 8.71. The molecule has 0 aliphatic carbocycles. The zero-order valence-corrected chi connectivity index (χ0v) is 4.11. The lowest BCUT2D eigenvalue weighted by atomic mass is 10.8. The summed E-state index contributed by atoms with van der Waals surface area (Å²) < 4.78 is 0. The highest BCUT2D eigenvalue weighted by atomic mass is 35.5. The summed E-state index contributed by atoms with van der Waals surface area (Å²) in [5.41, 5.74) is 0. The van der Waals surface area contributed by atoms with Crippen molar-refractivity contribution >= 4 is 17.6 Å². The van der Waals surface area contributed by atoms with Gasteiger partial charge in [0, 0.05) is 11.8 Å². The summed E-state index contributed by atoms with van der Waals surface area (Å²) in [5.74, 6) is 0.529. The fourth-order valence-electron chi connectivity index (χ4n) is 0.247. The molecule has 0 unspecified atom stereocenters. The van der Waals surface area contributed by atoms with Crippen molar-refractivity contribution in [1.82, 2.24) is 15.4 Å². The summed E-state index contributed by atoms with van der Waals surface area (Å²) in [7, 11) is 0. The van der Waals surface area contributed by atoms with Crippen molar-refractivity contribution in [3.8, 4) is 0 Å². The van der Waals surface area contributed by atoms with Gasteiger partial charge >= 0.3 is 0 Å². The number of anilines is 1. The van der Waals surface area contributed by atoms with Crippen molar-refractivity contribution in [2.24, 2.45) is 0 Å². The quantitative estimate of drug-likeness (QED) is 0.524. The Labute approximate surface area is 45.0 Å². The Morgan fingerprint density at radius 1 is 1.86 bits per heavy atom. The molecule has 0 aliphatic rings. The molecule has 0 atom stereocenters. The maximum absolute atomic E-state index is 5.10. The number of hydrogen-bond donors (Lipinski definition) is 2. The van der Waals surface area contributed by atoms with Gasteiger partial charge in [0.1, 0.15) is 0 Å². The van der Waals surface area contributed by atoms with Crippen LogP contribution in [0.4, 0.5) is 5.82 Å². The first-order valence-corrected chi connectivity index (χ1v) is 2.03. The van der Waals surface area contributed by atoms with Crippen LogP contribution in [0.25, 0.3) is 0 Å². The van der Waals surface area contributed by atoms with Crippen molar-refractivity contribution in [2.75, 3.05) is 4.84 Å². The third kappa shape index (κ3) is 0.806. The fraction of sp³-hybridized carbons (Fsp3) is 0.